The lowest BCUT2D eigenvalue weighted by Gasteiger charge is -1.99. The molecule has 1 heterocycles. The average molecular weight is 220 g/mol. The maximum atomic E-state index is 10.7. The molecule has 0 saturated carbocycles. The summed E-state index contributed by atoms with van der Waals surface area (Å²) in [6.07, 6.45) is 0. The van der Waals surface area contributed by atoms with Crippen molar-refractivity contribution in [3.8, 4) is 17.2 Å². The van der Waals surface area contributed by atoms with E-state index in [-0.39, 0.29) is 23.0 Å². The topological polar surface area (TPSA) is 128 Å². The number of aromatic nitrogens is 2. The van der Waals surface area contributed by atoms with E-state index in [2.05, 4.69) is 10.1 Å². The summed E-state index contributed by atoms with van der Waals surface area (Å²) in [4.78, 5) is 14.5. The van der Waals surface area contributed by atoms with Crippen molar-refractivity contribution in [1.29, 1.82) is 0 Å². The van der Waals surface area contributed by atoms with Gasteiger partial charge in [-0.2, -0.15) is 4.98 Å². The fraction of sp³-hybridized carbons (Fsp3) is 0. The summed E-state index contributed by atoms with van der Waals surface area (Å²) < 4.78 is 4.77. The molecule has 7 heteroatoms. The second-order valence-corrected chi connectivity index (χ2v) is 3.06. The third-order valence-corrected chi connectivity index (χ3v) is 1.90. The quantitative estimate of drug-likeness (QED) is 0.616. The first-order chi connectivity index (χ1) is 7.58. The van der Waals surface area contributed by atoms with Gasteiger partial charge in [-0.05, 0) is 12.1 Å². The van der Waals surface area contributed by atoms with Crippen LogP contribution in [0.15, 0.2) is 22.7 Å². The molecule has 0 aliphatic heterocycles. The zero-order valence-electron chi connectivity index (χ0n) is 8.04. The number of hydrogen-bond acceptors (Lipinski definition) is 6. The zero-order valence-corrected chi connectivity index (χ0v) is 8.04. The number of anilines is 1. The summed E-state index contributed by atoms with van der Waals surface area (Å²) in [5.41, 5.74) is 11.1. The Hall–Kier alpha value is -2.57. The number of nitrogen functional groups attached to an aromatic ring is 1. The number of amides is 1. The van der Waals surface area contributed by atoms with E-state index in [0.717, 1.165) is 0 Å². The number of nitrogens with two attached hydrogens (primary N) is 2. The molecular formula is C9H8N4O3. The van der Waals surface area contributed by atoms with Gasteiger partial charge in [-0.1, -0.05) is 5.16 Å². The van der Waals surface area contributed by atoms with Crippen molar-refractivity contribution in [2.45, 2.75) is 0 Å². The molecule has 1 aromatic carbocycles. The summed E-state index contributed by atoms with van der Waals surface area (Å²) in [6.45, 7) is 0. The molecule has 1 amide bonds. The molecule has 0 aliphatic rings. The Morgan fingerprint density at radius 1 is 1.44 bits per heavy atom. The minimum absolute atomic E-state index is 0.00583. The van der Waals surface area contributed by atoms with Crippen molar-refractivity contribution in [2.75, 3.05) is 5.73 Å². The van der Waals surface area contributed by atoms with Gasteiger partial charge in [0.25, 0.3) is 17.6 Å². The second-order valence-electron chi connectivity index (χ2n) is 3.06. The van der Waals surface area contributed by atoms with E-state index in [1.807, 2.05) is 0 Å². The van der Waals surface area contributed by atoms with Crippen LogP contribution in [0.25, 0.3) is 11.5 Å². The van der Waals surface area contributed by atoms with Gasteiger partial charge in [0, 0.05) is 11.8 Å². The van der Waals surface area contributed by atoms with E-state index < -0.39 is 5.91 Å². The summed E-state index contributed by atoms with van der Waals surface area (Å²) in [7, 11) is 0. The summed E-state index contributed by atoms with van der Waals surface area (Å²) >= 11 is 0. The van der Waals surface area contributed by atoms with Crippen LogP contribution in [-0.2, 0) is 0 Å². The molecule has 82 valence electrons. The standard InChI is InChI=1S/C9H8N4O3/c10-4-1-2-5(6(14)3-4)9-12-8(7(11)15)13-16-9/h1-3,14H,10H2,(H2,11,15). The maximum Gasteiger partial charge on any atom is 0.290 e. The van der Waals surface area contributed by atoms with Gasteiger partial charge >= 0.3 is 0 Å². The maximum absolute atomic E-state index is 10.7. The minimum atomic E-state index is -0.801. The molecule has 0 unspecified atom stereocenters. The van der Waals surface area contributed by atoms with Crippen molar-refractivity contribution in [1.82, 2.24) is 10.1 Å². The number of carbonyl (C=O) groups is 1. The number of primary amides is 1. The first kappa shape index (κ1) is 9.97. The minimum Gasteiger partial charge on any atom is -0.507 e. The Kier molecular flexibility index (Phi) is 2.20. The van der Waals surface area contributed by atoms with Gasteiger partial charge in [-0.25, -0.2) is 0 Å². The first-order valence-electron chi connectivity index (χ1n) is 4.30. The van der Waals surface area contributed by atoms with E-state index in [1.54, 1.807) is 6.07 Å². The van der Waals surface area contributed by atoms with Gasteiger partial charge in [0.1, 0.15) is 5.75 Å². The molecule has 7 nitrogen and oxygen atoms in total. The fourth-order valence-electron chi connectivity index (χ4n) is 1.16. The average Bonchev–Trinajstić information content (AvgIpc) is 2.66. The van der Waals surface area contributed by atoms with Crippen molar-refractivity contribution in [3.05, 3.63) is 24.0 Å². The van der Waals surface area contributed by atoms with Crippen LogP contribution in [0.5, 0.6) is 5.75 Å². The number of phenolic OH excluding ortho intramolecular Hbond substituents is 1. The molecule has 0 bridgehead atoms. The number of phenols is 1. The van der Waals surface area contributed by atoms with E-state index in [1.165, 1.54) is 12.1 Å². The van der Waals surface area contributed by atoms with E-state index in [0.29, 0.717) is 5.69 Å². The molecule has 16 heavy (non-hydrogen) atoms. The van der Waals surface area contributed by atoms with E-state index >= 15 is 0 Å². The molecule has 5 N–H and O–H groups in total. The molecule has 0 spiro atoms. The zero-order chi connectivity index (χ0) is 11.7. The number of hydrogen-bond donors (Lipinski definition) is 3. The van der Waals surface area contributed by atoms with Gasteiger partial charge in [0.2, 0.25) is 0 Å². The SMILES string of the molecule is NC(=O)c1noc(-c2ccc(N)cc2O)n1. The van der Waals surface area contributed by atoms with Crippen LogP contribution in [0.3, 0.4) is 0 Å². The van der Waals surface area contributed by atoms with Gasteiger partial charge < -0.3 is 21.1 Å². The first-order valence-corrected chi connectivity index (χ1v) is 4.30. The lowest BCUT2D eigenvalue weighted by molar-refractivity contribution is 0.0987. The monoisotopic (exact) mass is 220 g/mol. The predicted octanol–water partition coefficient (Wildman–Crippen LogP) is 0.123. The lowest BCUT2D eigenvalue weighted by Crippen LogP contribution is -2.12. The van der Waals surface area contributed by atoms with Crippen LogP contribution in [0.2, 0.25) is 0 Å². The van der Waals surface area contributed by atoms with Crippen molar-refractivity contribution < 1.29 is 14.4 Å². The molecule has 0 fully saturated rings. The Bertz CT molecular complexity index is 549. The highest BCUT2D eigenvalue weighted by molar-refractivity contribution is 5.89. The molecular weight excluding hydrogens is 212 g/mol. The van der Waals surface area contributed by atoms with Crippen LogP contribution in [0.1, 0.15) is 10.6 Å². The Morgan fingerprint density at radius 3 is 2.75 bits per heavy atom. The third kappa shape index (κ3) is 1.65. The van der Waals surface area contributed by atoms with E-state index in [9.17, 15) is 9.90 Å². The Balaban J connectivity index is 2.46. The van der Waals surface area contributed by atoms with Crippen molar-refractivity contribution in [2.24, 2.45) is 5.73 Å². The molecule has 2 rings (SSSR count). The molecule has 0 atom stereocenters. The summed E-state index contributed by atoms with van der Waals surface area (Å²) in [5, 5.41) is 12.9. The third-order valence-electron chi connectivity index (χ3n) is 1.90. The van der Waals surface area contributed by atoms with Crippen LogP contribution in [0, 0.1) is 0 Å². The van der Waals surface area contributed by atoms with E-state index in [4.69, 9.17) is 16.0 Å². The van der Waals surface area contributed by atoms with Crippen LogP contribution < -0.4 is 11.5 Å². The van der Waals surface area contributed by atoms with Crippen molar-refractivity contribution in [3.63, 3.8) is 0 Å². The van der Waals surface area contributed by atoms with Gasteiger partial charge in [0.05, 0.1) is 5.56 Å². The highest BCUT2D eigenvalue weighted by Gasteiger charge is 2.15. The summed E-state index contributed by atoms with van der Waals surface area (Å²) in [5.74, 6) is -1.15. The molecule has 0 radical (unpaired) electrons. The number of carbonyl (C=O) groups excluding carboxylic acids is 1. The normalized spacial score (nSPS) is 10.2. The number of rotatable bonds is 2. The van der Waals surface area contributed by atoms with Gasteiger partial charge in [0.15, 0.2) is 0 Å². The van der Waals surface area contributed by atoms with Gasteiger partial charge in [-0.3, -0.25) is 4.79 Å². The molecule has 0 aliphatic carbocycles. The number of benzene rings is 1. The Morgan fingerprint density at radius 2 is 2.19 bits per heavy atom. The number of nitrogens with zero attached hydrogens (tertiary/aromatic N) is 2. The van der Waals surface area contributed by atoms with Gasteiger partial charge in [-0.15, -0.1) is 0 Å². The Labute approximate surface area is 89.7 Å². The smallest absolute Gasteiger partial charge is 0.290 e. The van der Waals surface area contributed by atoms with Crippen LogP contribution >= 0.6 is 0 Å². The largest absolute Gasteiger partial charge is 0.507 e. The predicted molar refractivity (Wildman–Crippen MR) is 54.3 cm³/mol. The number of aromatic hydroxyl groups is 1. The fourth-order valence-corrected chi connectivity index (χ4v) is 1.16. The highest BCUT2D eigenvalue weighted by Crippen LogP contribution is 2.29. The molecule has 1 aromatic heterocycles. The second kappa shape index (κ2) is 3.54. The molecule has 0 saturated heterocycles. The van der Waals surface area contributed by atoms with Crippen LogP contribution in [0.4, 0.5) is 5.69 Å². The lowest BCUT2D eigenvalue weighted by atomic mass is 10.2. The van der Waals surface area contributed by atoms with Crippen LogP contribution in [-0.4, -0.2) is 21.2 Å². The molecule has 2 aromatic rings. The van der Waals surface area contributed by atoms with Crippen molar-refractivity contribution >= 4 is 11.6 Å². The highest BCUT2D eigenvalue weighted by atomic mass is 16.5. The summed E-state index contributed by atoms with van der Waals surface area (Å²) in [6, 6.07) is 4.40.